The number of hydrogen-bond donors (Lipinski definition) is 1. The van der Waals surface area contributed by atoms with Crippen LogP contribution in [0.1, 0.15) is 84.4 Å². The van der Waals surface area contributed by atoms with Crippen LogP contribution >= 0.6 is 0 Å². The molecule has 166 valence electrons. The van der Waals surface area contributed by atoms with E-state index in [2.05, 4.69) is 18.8 Å². The first-order valence-electron chi connectivity index (χ1n) is 12.4. The van der Waals surface area contributed by atoms with Crippen LogP contribution in [0.4, 0.5) is 0 Å². The molecule has 30 heavy (non-hydrogen) atoms. The molecule has 5 rings (SSSR count). The summed E-state index contributed by atoms with van der Waals surface area (Å²) in [5, 5.41) is 10.7. The first-order valence-corrected chi connectivity index (χ1v) is 12.4. The molecule has 4 fully saturated rings. The van der Waals surface area contributed by atoms with E-state index in [1.54, 1.807) is 6.20 Å². The van der Waals surface area contributed by atoms with Crippen molar-refractivity contribution in [1.82, 2.24) is 9.55 Å². The zero-order chi connectivity index (χ0) is 21.3. The van der Waals surface area contributed by atoms with Crippen LogP contribution in [0.2, 0.25) is 0 Å². The zero-order valence-corrected chi connectivity index (χ0v) is 19.4. The average Bonchev–Trinajstić information content (AvgIpc) is 3.24. The van der Waals surface area contributed by atoms with Gasteiger partial charge in [-0.1, -0.05) is 13.8 Å². The van der Waals surface area contributed by atoms with Crippen molar-refractivity contribution in [2.45, 2.75) is 97.6 Å². The third kappa shape index (κ3) is 3.04. The predicted octanol–water partition coefficient (Wildman–Crippen LogP) is 5.17. The van der Waals surface area contributed by atoms with E-state index in [0.717, 1.165) is 36.9 Å². The fourth-order valence-electron chi connectivity index (χ4n) is 8.81. The normalized spacial score (nSPS) is 48.0. The van der Waals surface area contributed by atoms with E-state index in [4.69, 9.17) is 0 Å². The van der Waals surface area contributed by atoms with Crippen LogP contribution < -0.4 is 0 Å². The van der Waals surface area contributed by atoms with Gasteiger partial charge < -0.3 is 9.67 Å². The summed E-state index contributed by atoms with van der Waals surface area (Å²) in [5.41, 5.74) is 0.106. The second kappa shape index (κ2) is 6.92. The van der Waals surface area contributed by atoms with Gasteiger partial charge in [0.05, 0.1) is 12.1 Å². The van der Waals surface area contributed by atoms with Gasteiger partial charge in [0.2, 0.25) is 0 Å². The zero-order valence-electron chi connectivity index (χ0n) is 19.4. The van der Waals surface area contributed by atoms with Crippen molar-refractivity contribution < 1.29 is 9.90 Å². The van der Waals surface area contributed by atoms with E-state index < -0.39 is 5.60 Å². The molecule has 4 saturated carbocycles. The summed E-state index contributed by atoms with van der Waals surface area (Å²) >= 11 is 0. The Morgan fingerprint density at radius 1 is 1.07 bits per heavy atom. The number of carbonyl (C=O) groups excluding carboxylic acids is 1. The lowest BCUT2D eigenvalue weighted by Crippen LogP contribution is -2.55. The molecule has 1 aromatic rings. The molecule has 0 aliphatic heterocycles. The molecular weight excluding hydrogens is 372 g/mol. The summed E-state index contributed by atoms with van der Waals surface area (Å²) in [5.74, 6) is 4.52. The minimum atomic E-state index is -0.462. The SMILES string of the molecule is Cc1nccn1CC(=O)[C@H]1CC[C@H]2[C@@H]3CC[C@H]4C[C@](C)(O)CC[C@]4(C)[C@H]3CC[C@]12C. The Morgan fingerprint density at radius 2 is 1.83 bits per heavy atom. The second-order valence-corrected chi connectivity index (χ2v) is 12.1. The topological polar surface area (TPSA) is 55.1 Å². The van der Waals surface area contributed by atoms with Gasteiger partial charge in [0.15, 0.2) is 5.78 Å². The lowest BCUT2D eigenvalue weighted by Gasteiger charge is -2.61. The third-order valence-corrected chi connectivity index (χ3v) is 10.6. The Kier molecular flexibility index (Phi) is 4.78. The lowest BCUT2D eigenvalue weighted by molar-refractivity contribution is -0.151. The number of ketones is 1. The van der Waals surface area contributed by atoms with Crippen molar-refractivity contribution in [3.63, 3.8) is 0 Å². The number of Topliss-reactive ketones (excluding diaryl/α,β-unsaturated/α-hetero) is 1. The van der Waals surface area contributed by atoms with Gasteiger partial charge in [-0.05, 0) is 106 Å². The summed E-state index contributed by atoms with van der Waals surface area (Å²) in [7, 11) is 0. The quantitative estimate of drug-likeness (QED) is 0.745. The van der Waals surface area contributed by atoms with Gasteiger partial charge in [-0.3, -0.25) is 4.79 Å². The molecule has 4 aliphatic carbocycles. The molecule has 0 aromatic carbocycles. The fourth-order valence-corrected chi connectivity index (χ4v) is 8.81. The average molecular weight is 413 g/mol. The molecule has 4 nitrogen and oxygen atoms in total. The van der Waals surface area contributed by atoms with E-state index in [0.29, 0.717) is 29.6 Å². The van der Waals surface area contributed by atoms with Gasteiger partial charge in [-0.25, -0.2) is 4.98 Å². The lowest BCUT2D eigenvalue weighted by atomic mass is 9.44. The number of nitrogens with zero attached hydrogens (tertiary/aromatic N) is 2. The first-order chi connectivity index (χ1) is 14.1. The van der Waals surface area contributed by atoms with Gasteiger partial charge in [0.25, 0.3) is 0 Å². The van der Waals surface area contributed by atoms with E-state index in [-0.39, 0.29) is 11.3 Å². The summed E-state index contributed by atoms with van der Waals surface area (Å²) < 4.78 is 2.02. The maximum absolute atomic E-state index is 13.4. The molecule has 0 radical (unpaired) electrons. The number of hydrogen-bond acceptors (Lipinski definition) is 3. The minimum absolute atomic E-state index is 0.177. The molecule has 4 aliphatic rings. The Bertz CT molecular complexity index is 829. The fraction of sp³-hybridized carbons (Fsp3) is 0.846. The summed E-state index contributed by atoms with van der Waals surface area (Å²) in [6.45, 7) is 9.52. The second-order valence-electron chi connectivity index (χ2n) is 12.1. The predicted molar refractivity (Wildman–Crippen MR) is 118 cm³/mol. The van der Waals surface area contributed by atoms with Crippen LogP contribution in [0, 0.1) is 47.3 Å². The van der Waals surface area contributed by atoms with Crippen molar-refractivity contribution in [3.05, 3.63) is 18.2 Å². The van der Waals surface area contributed by atoms with Crippen LogP contribution in [-0.2, 0) is 11.3 Å². The Balaban J connectivity index is 1.35. The van der Waals surface area contributed by atoms with Crippen molar-refractivity contribution in [1.29, 1.82) is 0 Å². The van der Waals surface area contributed by atoms with Gasteiger partial charge in [0, 0.05) is 18.3 Å². The van der Waals surface area contributed by atoms with E-state index >= 15 is 0 Å². The molecule has 8 atom stereocenters. The number of fused-ring (bicyclic) bond motifs is 5. The molecule has 1 N–H and O–H groups in total. The number of aryl methyl sites for hydroxylation is 1. The molecule has 1 aromatic heterocycles. The minimum Gasteiger partial charge on any atom is -0.390 e. The van der Waals surface area contributed by atoms with Crippen LogP contribution in [0.25, 0.3) is 0 Å². The number of aliphatic hydroxyl groups is 1. The van der Waals surface area contributed by atoms with E-state index in [1.807, 2.05) is 24.6 Å². The summed E-state index contributed by atoms with van der Waals surface area (Å²) in [4.78, 5) is 17.7. The maximum atomic E-state index is 13.4. The Hall–Kier alpha value is -1.16. The highest BCUT2D eigenvalue weighted by Crippen LogP contribution is 2.68. The molecule has 1 heterocycles. The highest BCUT2D eigenvalue weighted by molar-refractivity contribution is 5.82. The largest absolute Gasteiger partial charge is 0.390 e. The molecular formula is C26H40N2O2. The van der Waals surface area contributed by atoms with Crippen LogP contribution in [-0.4, -0.2) is 26.0 Å². The van der Waals surface area contributed by atoms with Gasteiger partial charge in [-0.2, -0.15) is 0 Å². The van der Waals surface area contributed by atoms with Crippen molar-refractivity contribution in [2.75, 3.05) is 0 Å². The number of aromatic nitrogens is 2. The number of imidazole rings is 1. The third-order valence-electron chi connectivity index (χ3n) is 10.6. The Morgan fingerprint density at radius 3 is 2.57 bits per heavy atom. The molecule has 0 spiro atoms. The van der Waals surface area contributed by atoms with Crippen LogP contribution in [0.15, 0.2) is 12.4 Å². The summed E-state index contributed by atoms with van der Waals surface area (Å²) in [6.07, 6.45) is 14.2. The Labute approximate surface area is 181 Å². The molecule has 0 bridgehead atoms. The van der Waals surface area contributed by atoms with Crippen molar-refractivity contribution in [3.8, 4) is 0 Å². The van der Waals surface area contributed by atoms with Gasteiger partial charge in [-0.15, -0.1) is 0 Å². The first kappa shape index (κ1) is 20.7. The smallest absolute Gasteiger partial charge is 0.156 e. The molecule has 0 saturated heterocycles. The molecule has 0 unspecified atom stereocenters. The number of rotatable bonds is 3. The van der Waals surface area contributed by atoms with Gasteiger partial charge >= 0.3 is 0 Å². The van der Waals surface area contributed by atoms with E-state index in [1.165, 1.54) is 38.5 Å². The highest BCUT2D eigenvalue weighted by atomic mass is 16.3. The molecule has 4 heteroatoms. The van der Waals surface area contributed by atoms with Crippen LogP contribution in [0.5, 0.6) is 0 Å². The maximum Gasteiger partial charge on any atom is 0.156 e. The standard InChI is InChI=1S/C26H40N2O2/c1-17-27-13-14-28(17)16-23(29)22-8-7-20-19-6-5-18-15-24(2,30)11-12-25(18,3)21(19)9-10-26(20,22)4/h13-14,18-22,30H,5-12,15-16H2,1-4H3/t18-,19-,20-,21-,22+,24+,25-,26-/m0/s1. The van der Waals surface area contributed by atoms with Gasteiger partial charge in [0.1, 0.15) is 5.82 Å². The van der Waals surface area contributed by atoms with Crippen LogP contribution in [0.3, 0.4) is 0 Å². The van der Waals surface area contributed by atoms with E-state index in [9.17, 15) is 9.90 Å². The number of carbonyl (C=O) groups is 1. The summed E-state index contributed by atoms with van der Waals surface area (Å²) in [6, 6.07) is 0. The molecule has 0 amide bonds. The monoisotopic (exact) mass is 412 g/mol. The van der Waals surface area contributed by atoms with Crippen molar-refractivity contribution in [2.24, 2.45) is 40.4 Å². The highest BCUT2D eigenvalue weighted by Gasteiger charge is 2.61. The van der Waals surface area contributed by atoms with Crippen molar-refractivity contribution >= 4 is 5.78 Å².